The molecule has 0 fully saturated rings. The SMILES string of the molecule is CCOc1cc2c(cc1CNC(=S)NC(C)C)O[C@@H](C)C2. The Morgan fingerprint density at radius 1 is 1.48 bits per heavy atom. The fourth-order valence-corrected chi connectivity index (χ4v) is 2.71. The Bertz CT molecular complexity index is 517. The minimum absolute atomic E-state index is 0.237. The molecule has 1 aliphatic heterocycles. The maximum atomic E-state index is 5.82. The Balaban J connectivity index is 2.10. The van der Waals surface area contributed by atoms with E-state index in [4.69, 9.17) is 21.7 Å². The summed E-state index contributed by atoms with van der Waals surface area (Å²) in [6.45, 7) is 9.47. The topological polar surface area (TPSA) is 42.5 Å². The van der Waals surface area contributed by atoms with Gasteiger partial charge in [-0.3, -0.25) is 0 Å². The van der Waals surface area contributed by atoms with Crippen LogP contribution in [0.25, 0.3) is 0 Å². The van der Waals surface area contributed by atoms with Gasteiger partial charge in [0.25, 0.3) is 0 Å². The van der Waals surface area contributed by atoms with Gasteiger partial charge in [-0.25, -0.2) is 0 Å². The molecule has 5 heteroatoms. The summed E-state index contributed by atoms with van der Waals surface area (Å²) in [6.07, 6.45) is 1.18. The lowest BCUT2D eigenvalue weighted by Crippen LogP contribution is -2.38. The zero-order chi connectivity index (χ0) is 15.4. The highest BCUT2D eigenvalue weighted by molar-refractivity contribution is 7.80. The molecule has 0 spiro atoms. The summed E-state index contributed by atoms with van der Waals surface area (Å²) in [7, 11) is 0. The largest absolute Gasteiger partial charge is 0.494 e. The van der Waals surface area contributed by atoms with E-state index in [-0.39, 0.29) is 6.10 Å². The van der Waals surface area contributed by atoms with Crippen LogP contribution >= 0.6 is 12.2 Å². The van der Waals surface area contributed by atoms with Crippen molar-refractivity contribution < 1.29 is 9.47 Å². The fourth-order valence-electron chi connectivity index (χ4n) is 2.40. The van der Waals surface area contributed by atoms with Crippen molar-refractivity contribution in [3.8, 4) is 11.5 Å². The van der Waals surface area contributed by atoms with Crippen molar-refractivity contribution >= 4 is 17.3 Å². The summed E-state index contributed by atoms with van der Waals surface area (Å²) in [5, 5.41) is 7.04. The van der Waals surface area contributed by atoms with Crippen molar-refractivity contribution in [1.82, 2.24) is 10.6 Å². The molecule has 0 radical (unpaired) electrons. The molecular formula is C16H24N2O2S. The highest BCUT2D eigenvalue weighted by Gasteiger charge is 2.21. The van der Waals surface area contributed by atoms with E-state index >= 15 is 0 Å². The Morgan fingerprint density at radius 3 is 2.90 bits per heavy atom. The van der Waals surface area contributed by atoms with Crippen LogP contribution in [-0.4, -0.2) is 23.9 Å². The zero-order valence-corrected chi connectivity index (χ0v) is 14.0. The van der Waals surface area contributed by atoms with E-state index in [9.17, 15) is 0 Å². The summed E-state index contributed by atoms with van der Waals surface area (Å²) in [6, 6.07) is 4.48. The van der Waals surface area contributed by atoms with Crippen LogP contribution in [0.3, 0.4) is 0 Å². The molecule has 0 saturated carbocycles. The van der Waals surface area contributed by atoms with E-state index in [1.54, 1.807) is 0 Å². The van der Waals surface area contributed by atoms with E-state index in [1.807, 2.05) is 6.92 Å². The standard InChI is InChI=1S/C16H24N2O2S/c1-5-19-14-7-12-6-11(4)20-15(12)8-13(14)9-17-16(21)18-10(2)3/h7-8,10-11H,5-6,9H2,1-4H3,(H2,17,18,21)/t11-/m0/s1. The molecule has 0 amide bonds. The first-order valence-corrected chi connectivity index (χ1v) is 7.90. The molecule has 1 atom stereocenters. The van der Waals surface area contributed by atoms with Gasteiger partial charge in [0.1, 0.15) is 17.6 Å². The second-order valence-electron chi connectivity index (χ2n) is 5.61. The maximum absolute atomic E-state index is 5.82. The van der Waals surface area contributed by atoms with Crippen molar-refractivity contribution in [1.29, 1.82) is 0 Å². The summed E-state index contributed by atoms with van der Waals surface area (Å²) < 4.78 is 11.6. The molecule has 1 heterocycles. The molecule has 0 unspecified atom stereocenters. The molecule has 116 valence electrons. The maximum Gasteiger partial charge on any atom is 0.166 e. The first-order valence-electron chi connectivity index (χ1n) is 7.49. The molecule has 4 nitrogen and oxygen atoms in total. The lowest BCUT2D eigenvalue weighted by Gasteiger charge is -2.16. The van der Waals surface area contributed by atoms with Gasteiger partial charge < -0.3 is 20.1 Å². The van der Waals surface area contributed by atoms with Crippen LogP contribution in [0.5, 0.6) is 11.5 Å². The number of hydrogen-bond donors (Lipinski definition) is 2. The molecule has 0 aliphatic carbocycles. The van der Waals surface area contributed by atoms with Gasteiger partial charge in [0.15, 0.2) is 5.11 Å². The second kappa shape index (κ2) is 6.98. The number of thiocarbonyl (C=S) groups is 1. The number of fused-ring (bicyclic) bond motifs is 1. The Kier molecular flexibility index (Phi) is 5.28. The highest BCUT2D eigenvalue weighted by atomic mass is 32.1. The van der Waals surface area contributed by atoms with Gasteiger partial charge in [0.05, 0.1) is 6.61 Å². The monoisotopic (exact) mass is 308 g/mol. The third kappa shape index (κ3) is 4.24. The lowest BCUT2D eigenvalue weighted by atomic mass is 10.1. The van der Waals surface area contributed by atoms with Crippen LogP contribution in [0.15, 0.2) is 12.1 Å². The third-order valence-corrected chi connectivity index (χ3v) is 3.50. The summed E-state index contributed by atoms with van der Waals surface area (Å²) in [4.78, 5) is 0. The van der Waals surface area contributed by atoms with Crippen molar-refractivity contribution in [2.45, 2.75) is 52.8 Å². The number of rotatable bonds is 5. The summed E-state index contributed by atoms with van der Waals surface area (Å²) >= 11 is 5.26. The predicted octanol–water partition coefficient (Wildman–Crippen LogP) is 2.78. The molecule has 21 heavy (non-hydrogen) atoms. The van der Waals surface area contributed by atoms with Gasteiger partial charge >= 0.3 is 0 Å². The van der Waals surface area contributed by atoms with Gasteiger partial charge in [-0.1, -0.05) is 0 Å². The highest BCUT2D eigenvalue weighted by Crippen LogP contribution is 2.35. The number of benzene rings is 1. The third-order valence-electron chi connectivity index (χ3n) is 3.24. The second-order valence-corrected chi connectivity index (χ2v) is 6.02. The minimum atomic E-state index is 0.237. The molecule has 0 saturated heterocycles. The van der Waals surface area contributed by atoms with Gasteiger partial charge in [0, 0.05) is 30.1 Å². The molecule has 1 aromatic rings. The molecule has 2 N–H and O–H groups in total. The van der Waals surface area contributed by atoms with Crippen LogP contribution in [0.2, 0.25) is 0 Å². The fraction of sp³-hybridized carbons (Fsp3) is 0.562. The zero-order valence-electron chi connectivity index (χ0n) is 13.2. The number of hydrogen-bond acceptors (Lipinski definition) is 3. The first kappa shape index (κ1) is 15.9. The lowest BCUT2D eigenvalue weighted by molar-refractivity contribution is 0.254. The predicted molar refractivity (Wildman–Crippen MR) is 89.1 cm³/mol. The summed E-state index contributed by atoms with van der Waals surface area (Å²) in [5.74, 6) is 1.87. The van der Waals surface area contributed by atoms with E-state index < -0.39 is 0 Å². The van der Waals surface area contributed by atoms with Gasteiger partial charge in [0.2, 0.25) is 0 Å². The quantitative estimate of drug-likeness (QED) is 0.819. The molecule has 0 aromatic heterocycles. The van der Waals surface area contributed by atoms with Crippen molar-refractivity contribution in [2.75, 3.05) is 6.61 Å². The van der Waals surface area contributed by atoms with Crippen LogP contribution in [0, 0.1) is 0 Å². The molecular weight excluding hydrogens is 284 g/mol. The minimum Gasteiger partial charge on any atom is -0.494 e. The number of nitrogens with one attached hydrogen (secondary N) is 2. The molecule has 2 rings (SSSR count). The van der Waals surface area contributed by atoms with Gasteiger partial charge in [-0.15, -0.1) is 0 Å². The van der Waals surface area contributed by atoms with Crippen LogP contribution in [0.1, 0.15) is 38.8 Å². The number of ether oxygens (including phenoxy) is 2. The Hall–Kier alpha value is -1.49. The van der Waals surface area contributed by atoms with Crippen LogP contribution in [-0.2, 0) is 13.0 Å². The van der Waals surface area contributed by atoms with E-state index in [0.717, 1.165) is 23.5 Å². The van der Waals surface area contributed by atoms with Crippen LogP contribution < -0.4 is 20.1 Å². The smallest absolute Gasteiger partial charge is 0.166 e. The van der Waals surface area contributed by atoms with E-state index in [2.05, 4.69) is 43.5 Å². The first-order chi connectivity index (χ1) is 9.99. The average Bonchev–Trinajstić information content (AvgIpc) is 2.74. The molecule has 1 aliphatic rings. The molecule has 0 bridgehead atoms. The Labute approximate surface area is 132 Å². The summed E-state index contributed by atoms with van der Waals surface area (Å²) in [5.41, 5.74) is 2.29. The van der Waals surface area contributed by atoms with E-state index in [0.29, 0.717) is 24.3 Å². The molecule has 1 aromatic carbocycles. The van der Waals surface area contributed by atoms with Gasteiger partial charge in [-0.05, 0) is 52.0 Å². The average molecular weight is 308 g/mol. The Morgan fingerprint density at radius 2 is 2.24 bits per heavy atom. The normalized spacial score (nSPS) is 16.3. The van der Waals surface area contributed by atoms with Crippen molar-refractivity contribution in [3.05, 3.63) is 23.3 Å². The van der Waals surface area contributed by atoms with Crippen molar-refractivity contribution in [3.63, 3.8) is 0 Å². The van der Waals surface area contributed by atoms with Gasteiger partial charge in [-0.2, -0.15) is 0 Å². The van der Waals surface area contributed by atoms with Crippen molar-refractivity contribution in [2.24, 2.45) is 0 Å². The van der Waals surface area contributed by atoms with E-state index in [1.165, 1.54) is 5.56 Å². The van der Waals surface area contributed by atoms with Crippen LogP contribution in [0.4, 0.5) is 0 Å².